The van der Waals surface area contributed by atoms with Crippen LogP contribution in [0.4, 0.5) is 0 Å². The highest BCUT2D eigenvalue weighted by Gasteiger charge is 2.05. The van der Waals surface area contributed by atoms with Gasteiger partial charge in [0.05, 0.1) is 13.0 Å². The van der Waals surface area contributed by atoms with Gasteiger partial charge in [-0.1, -0.05) is 13.8 Å². The Morgan fingerprint density at radius 3 is 2.10 bits per heavy atom. The molecule has 0 aliphatic heterocycles. The quantitative estimate of drug-likeness (QED) is 0.680. The number of carboxylic acids is 1. The van der Waals surface area contributed by atoms with E-state index in [9.17, 15) is 4.79 Å². The van der Waals surface area contributed by atoms with Crippen molar-refractivity contribution in [2.45, 2.75) is 26.7 Å². The summed E-state index contributed by atoms with van der Waals surface area (Å²) in [5.74, 6) is 0.881. The molecule has 0 bridgehead atoms. The molecule has 21 heavy (non-hydrogen) atoms. The van der Waals surface area contributed by atoms with Crippen LogP contribution >= 0.6 is 0 Å². The highest BCUT2D eigenvalue weighted by atomic mass is 16.5. The van der Waals surface area contributed by atoms with Gasteiger partial charge in [0, 0.05) is 13.1 Å². The van der Waals surface area contributed by atoms with Gasteiger partial charge in [0.25, 0.3) is 0 Å². The molecule has 0 fully saturated rings. The van der Waals surface area contributed by atoms with Gasteiger partial charge in [-0.15, -0.1) is 0 Å². The molecular formula is C16H25NO4. The van der Waals surface area contributed by atoms with E-state index < -0.39 is 5.97 Å². The fourth-order valence-corrected chi connectivity index (χ4v) is 1.83. The number of rotatable bonds is 11. The molecule has 0 radical (unpaired) electrons. The molecule has 0 amide bonds. The highest BCUT2D eigenvalue weighted by Crippen LogP contribution is 2.17. The highest BCUT2D eigenvalue weighted by molar-refractivity contribution is 5.66. The van der Waals surface area contributed by atoms with Crippen LogP contribution in [0.25, 0.3) is 0 Å². The Morgan fingerprint density at radius 1 is 1.05 bits per heavy atom. The molecule has 0 saturated carbocycles. The molecule has 118 valence electrons. The summed E-state index contributed by atoms with van der Waals surface area (Å²) in [4.78, 5) is 12.6. The van der Waals surface area contributed by atoms with Gasteiger partial charge in [0.15, 0.2) is 0 Å². The van der Waals surface area contributed by atoms with Crippen molar-refractivity contribution < 1.29 is 19.4 Å². The summed E-state index contributed by atoms with van der Waals surface area (Å²) in [5, 5.41) is 8.68. The van der Waals surface area contributed by atoms with Gasteiger partial charge in [-0.2, -0.15) is 0 Å². The molecule has 0 atom stereocenters. The number of carboxylic acid groups (broad SMARTS) is 1. The molecular weight excluding hydrogens is 270 g/mol. The number of hydrogen-bond donors (Lipinski definition) is 1. The molecule has 5 heteroatoms. The van der Waals surface area contributed by atoms with Crippen molar-refractivity contribution in [1.29, 1.82) is 0 Å². The monoisotopic (exact) mass is 295 g/mol. The van der Waals surface area contributed by atoms with Crippen molar-refractivity contribution in [3.8, 4) is 11.5 Å². The third-order valence-corrected chi connectivity index (χ3v) is 3.06. The Balaban J connectivity index is 2.28. The number of benzene rings is 1. The van der Waals surface area contributed by atoms with E-state index in [2.05, 4.69) is 11.8 Å². The second-order valence-corrected chi connectivity index (χ2v) is 4.75. The molecule has 0 spiro atoms. The zero-order valence-electron chi connectivity index (χ0n) is 12.9. The van der Waals surface area contributed by atoms with E-state index in [-0.39, 0.29) is 6.42 Å². The third kappa shape index (κ3) is 7.56. The van der Waals surface area contributed by atoms with E-state index in [0.717, 1.165) is 37.6 Å². The van der Waals surface area contributed by atoms with Gasteiger partial charge in [-0.25, -0.2) is 0 Å². The standard InChI is InChI=1S/C16H25NO4/c1-3-12-20-14-5-7-15(8-6-14)21-13-11-17(4-2)10-9-16(18)19/h5-8H,3-4,9-13H2,1-2H3,(H,18,19). The lowest BCUT2D eigenvalue weighted by Gasteiger charge is -2.19. The van der Waals surface area contributed by atoms with Crippen LogP contribution < -0.4 is 9.47 Å². The lowest BCUT2D eigenvalue weighted by atomic mass is 10.3. The maximum Gasteiger partial charge on any atom is 0.304 e. The van der Waals surface area contributed by atoms with Crippen molar-refractivity contribution in [3.05, 3.63) is 24.3 Å². The summed E-state index contributed by atoms with van der Waals surface area (Å²) < 4.78 is 11.2. The van der Waals surface area contributed by atoms with Gasteiger partial charge in [0.2, 0.25) is 0 Å². The van der Waals surface area contributed by atoms with Crippen molar-refractivity contribution in [1.82, 2.24) is 4.90 Å². The number of likely N-dealkylation sites (N-methyl/N-ethyl adjacent to an activating group) is 1. The zero-order chi connectivity index (χ0) is 15.5. The molecule has 0 aromatic heterocycles. The maximum atomic E-state index is 10.6. The van der Waals surface area contributed by atoms with Crippen LogP contribution in [-0.4, -0.2) is 48.8 Å². The minimum atomic E-state index is -0.767. The molecule has 0 aliphatic rings. The Morgan fingerprint density at radius 2 is 1.62 bits per heavy atom. The molecule has 1 aromatic carbocycles. The van der Waals surface area contributed by atoms with Gasteiger partial charge < -0.3 is 14.6 Å². The second kappa shape index (κ2) is 10.0. The molecule has 5 nitrogen and oxygen atoms in total. The van der Waals surface area contributed by atoms with Gasteiger partial charge in [0.1, 0.15) is 18.1 Å². The first-order chi connectivity index (χ1) is 10.2. The summed E-state index contributed by atoms with van der Waals surface area (Å²) in [6.07, 6.45) is 1.15. The molecule has 1 rings (SSSR count). The molecule has 1 N–H and O–H groups in total. The summed E-state index contributed by atoms with van der Waals surface area (Å²) in [5.41, 5.74) is 0. The molecule has 0 aliphatic carbocycles. The minimum absolute atomic E-state index is 0.164. The van der Waals surface area contributed by atoms with Gasteiger partial charge in [-0.3, -0.25) is 9.69 Å². The first-order valence-electron chi connectivity index (χ1n) is 7.45. The smallest absolute Gasteiger partial charge is 0.304 e. The van der Waals surface area contributed by atoms with Crippen molar-refractivity contribution in [2.75, 3.05) is 32.8 Å². The zero-order valence-corrected chi connectivity index (χ0v) is 12.9. The van der Waals surface area contributed by atoms with Crippen LogP contribution in [0.5, 0.6) is 11.5 Å². The van der Waals surface area contributed by atoms with E-state index in [4.69, 9.17) is 14.6 Å². The van der Waals surface area contributed by atoms with Crippen molar-refractivity contribution in [3.63, 3.8) is 0 Å². The topological polar surface area (TPSA) is 59.0 Å². The predicted molar refractivity (Wildman–Crippen MR) is 82.1 cm³/mol. The maximum absolute atomic E-state index is 10.6. The second-order valence-electron chi connectivity index (χ2n) is 4.75. The first kappa shape index (κ1) is 17.3. The average molecular weight is 295 g/mol. The van der Waals surface area contributed by atoms with Crippen LogP contribution in [0.15, 0.2) is 24.3 Å². The Kier molecular flexibility index (Phi) is 8.28. The normalized spacial score (nSPS) is 10.6. The summed E-state index contributed by atoms with van der Waals surface area (Å²) in [6.45, 7) is 7.44. The van der Waals surface area contributed by atoms with Crippen LogP contribution in [0.1, 0.15) is 26.7 Å². The fraction of sp³-hybridized carbons (Fsp3) is 0.562. The lowest BCUT2D eigenvalue weighted by molar-refractivity contribution is -0.137. The van der Waals surface area contributed by atoms with Gasteiger partial charge >= 0.3 is 5.97 Å². The Bertz CT molecular complexity index is 405. The number of hydrogen-bond acceptors (Lipinski definition) is 4. The van der Waals surface area contributed by atoms with E-state index in [1.807, 2.05) is 31.2 Å². The van der Waals surface area contributed by atoms with Crippen LogP contribution in [0, 0.1) is 0 Å². The fourth-order valence-electron chi connectivity index (χ4n) is 1.83. The predicted octanol–water partition coefficient (Wildman–Crippen LogP) is 2.65. The van der Waals surface area contributed by atoms with E-state index in [1.54, 1.807) is 0 Å². The third-order valence-electron chi connectivity index (χ3n) is 3.06. The van der Waals surface area contributed by atoms with Crippen molar-refractivity contribution in [2.24, 2.45) is 0 Å². The molecule has 0 saturated heterocycles. The largest absolute Gasteiger partial charge is 0.494 e. The first-order valence-corrected chi connectivity index (χ1v) is 7.45. The number of carbonyl (C=O) groups is 1. The SMILES string of the molecule is CCCOc1ccc(OCCN(CC)CCC(=O)O)cc1. The summed E-state index contributed by atoms with van der Waals surface area (Å²) >= 11 is 0. The summed E-state index contributed by atoms with van der Waals surface area (Å²) in [6, 6.07) is 7.57. The summed E-state index contributed by atoms with van der Waals surface area (Å²) in [7, 11) is 0. The molecule has 0 heterocycles. The van der Waals surface area contributed by atoms with E-state index in [0.29, 0.717) is 13.2 Å². The number of ether oxygens (including phenoxy) is 2. The average Bonchev–Trinajstić information content (AvgIpc) is 2.49. The van der Waals surface area contributed by atoms with Crippen LogP contribution in [0.3, 0.4) is 0 Å². The van der Waals surface area contributed by atoms with Gasteiger partial charge in [-0.05, 0) is 37.2 Å². The number of aliphatic carboxylic acids is 1. The van der Waals surface area contributed by atoms with Crippen molar-refractivity contribution >= 4 is 5.97 Å². The minimum Gasteiger partial charge on any atom is -0.494 e. The van der Waals surface area contributed by atoms with E-state index >= 15 is 0 Å². The van der Waals surface area contributed by atoms with Crippen LogP contribution in [0.2, 0.25) is 0 Å². The Hall–Kier alpha value is -1.75. The molecule has 0 unspecified atom stereocenters. The number of nitrogens with zero attached hydrogens (tertiary/aromatic N) is 1. The van der Waals surface area contributed by atoms with Crippen LogP contribution in [-0.2, 0) is 4.79 Å². The Labute approximate surface area is 126 Å². The lowest BCUT2D eigenvalue weighted by Crippen LogP contribution is -2.30. The molecule has 1 aromatic rings. The van der Waals surface area contributed by atoms with E-state index in [1.165, 1.54) is 0 Å².